The van der Waals surface area contributed by atoms with Crippen molar-refractivity contribution in [3.63, 3.8) is 0 Å². The third-order valence-electron chi connectivity index (χ3n) is 10.7. The Labute approximate surface area is 400 Å². The Hall–Kier alpha value is -3.93. The lowest BCUT2D eigenvalue weighted by molar-refractivity contribution is -0.167. The highest BCUT2D eigenvalue weighted by Crippen LogP contribution is 2.13. The summed E-state index contributed by atoms with van der Waals surface area (Å²) >= 11 is 0. The fourth-order valence-electron chi connectivity index (χ4n) is 6.74. The van der Waals surface area contributed by atoms with Crippen LogP contribution in [0.5, 0.6) is 0 Å². The number of unbranched alkanes of at least 4 members (excludes halogenated alkanes) is 17. The zero-order chi connectivity index (χ0) is 47.2. The first-order chi connectivity index (χ1) is 32.0. The topological polar surface area (TPSA) is 78.9 Å². The monoisotopic (exact) mass is 901 g/mol. The van der Waals surface area contributed by atoms with Crippen molar-refractivity contribution in [3.8, 4) is 0 Å². The SMILES string of the molecule is CC/C=C/C/C=C/C/C=C/C/C=C/C/C=C/CCCCCC(=O)OC[C@@H](COC(=O)CCCCCCC/C=C/C/C=C/CCCC)OC(=O)CCCCCCC/C=C/C/C=C/CCCC. The van der Waals surface area contributed by atoms with Gasteiger partial charge in [-0.1, -0.05) is 201 Å². The van der Waals surface area contributed by atoms with Crippen LogP contribution in [0.3, 0.4) is 0 Å². The molecule has 0 rings (SSSR count). The molecule has 0 fully saturated rings. The predicted molar refractivity (Wildman–Crippen MR) is 279 cm³/mol. The summed E-state index contributed by atoms with van der Waals surface area (Å²) in [6.07, 6.45) is 70.6. The Morgan fingerprint density at radius 1 is 0.323 bits per heavy atom. The molecule has 6 nitrogen and oxygen atoms in total. The Bertz CT molecular complexity index is 1360. The number of carbonyl (C=O) groups excluding carboxylic acids is 3. The molecule has 0 aromatic carbocycles. The fourth-order valence-corrected chi connectivity index (χ4v) is 6.74. The van der Waals surface area contributed by atoms with Gasteiger partial charge in [-0.05, 0) is 116 Å². The molecule has 0 saturated heterocycles. The predicted octanol–water partition coefficient (Wildman–Crippen LogP) is 17.5. The molecule has 0 N–H and O–H groups in total. The minimum Gasteiger partial charge on any atom is -0.462 e. The third kappa shape index (κ3) is 50.9. The molecule has 0 heterocycles. The molecule has 0 spiro atoms. The van der Waals surface area contributed by atoms with E-state index in [1.54, 1.807) is 0 Å². The van der Waals surface area contributed by atoms with Gasteiger partial charge < -0.3 is 14.2 Å². The average Bonchev–Trinajstić information content (AvgIpc) is 3.30. The van der Waals surface area contributed by atoms with Gasteiger partial charge in [0.05, 0.1) is 0 Å². The Morgan fingerprint density at radius 3 is 0.954 bits per heavy atom. The van der Waals surface area contributed by atoms with Crippen LogP contribution < -0.4 is 0 Å². The van der Waals surface area contributed by atoms with Crippen LogP contribution in [0.4, 0.5) is 0 Å². The summed E-state index contributed by atoms with van der Waals surface area (Å²) in [5.41, 5.74) is 0. The van der Waals surface area contributed by atoms with Crippen molar-refractivity contribution >= 4 is 17.9 Å². The number of hydrogen-bond acceptors (Lipinski definition) is 6. The molecule has 0 aliphatic heterocycles. The van der Waals surface area contributed by atoms with Crippen molar-refractivity contribution in [1.82, 2.24) is 0 Å². The maximum absolute atomic E-state index is 12.8. The molecular weight excluding hydrogens is 805 g/mol. The number of ether oxygens (including phenoxy) is 3. The fraction of sp³-hybridized carbons (Fsp3) is 0.644. The van der Waals surface area contributed by atoms with Gasteiger partial charge in [-0.25, -0.2) is 0 Å². The summed E-state index contributed by atoms with van der Waals surface area (Å²) in [6.45, 7) is 6.38. The number of allylic oxidation sites excluding steroid dienone is 18. The first kappa shape index (κ1) is 61.1. The van der Waals surface area contributed by atoms with E-state index in [1.165, 1.54) is 38.5 Å². The molecule has 0 amide bonds. The van der Waals surface area contributed by atoms with E-state index < -0.39 is 6.10 Å². The quantitative estimate of drug-likeness (QED) is 0.0262. The van der Waals surface area contributed by atoms with E-state index in [4.69, 9.17) is 14.2 Å². The van der Waals surface area contributed by atoms with Crippen LogP contribution in [0.25, 0.3) is 0 Å². The minimum absolute atomic E-state index is 0.104. The van der Waals surface area contributed by atoms with E-state index in [-0.39, 0.29) is 31.1 Å². The summed E-state index contributed by atoms with van der Waals surface area (Å²) < 4.78 is 16.8. The molecule has 0 aliphatic rings. The Morgan fingerprint density at radius 2 is 0.600 bits per heavy atom. The number of esters is 3. The lowest BCUT2D eigenvalue weighted by atomic mass is 10.1. The highest BCUT2D eigenvalue weighted by Gasteiger charge is 2.19. The van der Waals surface area contributed by atoms with Crippen molar-refractivity contribution in [2.45, 2.75) is 232 Å². The molecule has 368 valence electrons. The van der Waals surface area contributed by atoms with E-state index in [1.807, 2.05) is 0 Å². The third-order valence-corrected chi connectivity index (χ3v) is 10.7. The normalized spacial score (nSPS) is 13.0. The van der Waals surface area contributed by atoms with Crippen LogP contribution in [0.15, 0.2) is 109 Å². The van der Waals surface area contributed by atoms with Gasteiger partial charge in [0.1, 0.15) is 13.2 Å². The van der Waals surface area contributed by atoms with Crippen molar-refractivity contribution in [1.29, 1.82) is 0 Å². The van der Waals surface area contributed by atoms with E-state index in [9.17, 15) is 14.4 Å². The molecule has 0 aromatic rings. The second kappa shape index (κ2) is 52.7. The van der Waals surface area contributed by atoms with E-state index in [0.717, 1.165) is 148 Å². The van der Waals surface area contributed by atoms with Crippen molar-refractivity contribution in [3.05, 3.63) is 109 Å². The molecule has 1 atom stereocenters. The first-order valence-corrected chi connectivity index (χ1v) is 26.4. The number of carbonyl (C=O) groups is 3. The van der Waals surface area contributed by atoms with Gasteiger partial charge in [0, 0.05) is 19.3 Å². The maximum Gasteiger partial charge on any atom is 0.306 e. The minimum atomic E-state index is -0.807. The molecular formula is C59H96O6. The molecule has 65 heavy (non-hydrogen) atoms. The summed E-state index contributed by atoms with van der Waals surface area (Å²) in [6, 6.07) is 0. The van der Waals surface area contributed by atoms with Gasteiger partial charge >= 0.3 is 17.9 Å². The highest BCUT2D eigenvalue weighted by molar-refractivity contribution is 5.71. The van der Waals surface area contributed by atoms with Gasteiger partial charge in [0.25, 0.3) is 0 Å². The molecule has 0 saturated carbocycles. The lowest BCUT2D eigenvalue weighted by Gasteiger charge is -2.18. The Kier molecular flexibility index (Phi) is 49.5. The molecule has 0 unspecified atom stereocenters. The summed E-state index contributed by atoms with van der Waals surface area (Å²) in [5.74, 6) is -0.969. The summed E-state index contributed by atoms with van der Waals surface area (Å²) in [5, 5.41) is 0. The zero-order valence-electron chi connectivity index (χ0n) is 42.0. The first-order valence-electron chi connectivity index (χ1n) is 26.4. The van der Waals surface area contributed by atoms with Gasteiger partial charge in [-0.3, -0.25) is 14.4 Å². The van der Waals surface area contributed by atoms with E-state index in [0.29, 0.717) is 19.3 Å². The standard InChI is InChI=1S/C59H96O6/c1-4-7-10-13-16-19-22-25-28-29-30-31-32-35-37-40-43-46-49-52-58(61)64-55-56(65-59(62)53-50-47-44-41-38-34-27-24-21-18-15-12-9-6-3)54-63-57(60)51-48-45-42-39-36-33-26-23-20-17-14-11-8-5-2/h7,10,14-19,23-28,30-31,35,37,56H,4-6,8-9,11-13,20-22,29,32-34,36,38-55H2,1-3H3/b10-7+,17-14+,18-15+,19-16+,26-23+,27-24+,28-25+,31-30+,37-35+/t56-/m1/s1. The van der Waals surface area contributed by atoms with Crippen LogP contribution in [0.1, 0.15) is 226 Å². The molecule has 0 bridgehead atoms. The van der Waals surface area contributed by atoms with Crippen molar-refractivity contribution in [2.24, 2.45) is 0 Å². The van der Waals surface area contributed by atoms with Crippen LogP contribution >= 0.6 is 0 Å². The Balaban J connectivity index is 4.50. The van der Waals surface area contributed by atoms with Gasteiger partial charge in [0.15, 0.2) is 6.10 Å². The van der Waals surface area contributed by atoms with Crippen LogP contribution in [0.2, 0.25) is 0 Å². The number of hydrogen-bond donors (Lipinski definition) is 0. The second-order valence-corrected chi connectivity index (χ2v) is 17.0. The van der Waals surface area contributed by atoms with Crippen LogP contribution in [0, 0.1) is 0 Å². The van der Waals surface area contributed by atoms with Crippen LogP contribution in [-0.2, 0) is 28.6 Å². The summed E-state index contributed by atoms with van der Waals surface area (Å²) in [4.78, 5) is 38.0. The van der Waals surface area contributed by atoms with Gasteiger partial charge in [-0.15, -0.1) is 0 Å². The highest BCUT2D eigenvalue weighted by atomic mass is 16.6. The van der Waals surface area contributed by atoms with Gasteiger partial charge in [-0.2, -0.15) is 0 Å². The van der Waals surface area contributed by atoms with Crippen molar-refractivity contribution < 1.29 is 28.6 Å². The molecule has 0 aromatic heterocycles. The second-order valence-electron chi connectivity index (χ2n) is 17.0. The zero-order valence-corrected chi connectivity index (χ0v) is 42.0. The smallest absolute Gasteiger partial charge is 0.306 e. The van der Waals surface area contributed by atoms with Gasteiger partial charge in [0.2, 0.25) is 0 Å². The lowest BCUT2D eigenvalue weighted by Crippen LogP contribution is -2.30. The molecule has 0 radical (unpaired) electrons. The maximum atomic E-state index is 12.8. The summed E-state index contributed by atoms with van der Waals surface area (Å²) in [7, 11) is 0. The van der Waals surface area contributed by atoms with Crippen molar-refractivity contribution in [2.75, 3.05) is 13.2 Å². The number of rotatable bonds is 46. The average molecular weight is 901 g/mol. The van der Waals surface area contributed by atoms with E-state index >= 15 is 0 Å². The largest absolute Gasteiger partial charge is 0.462 e. The van der Waals surface area contributed by atoms with Crippen LogP contribution in [-0.4, -0.2) is 37.2 Å². The van der Waals surface area contributed by atoms with E-state index in [2.05, 4.69) is 130 Å². The molecule has 0 aliphatic carbocycles. The molecule has 6 heteroatoms.